The number of benzene rings is 1. The molecule has 1 aliphatic rings. The number of rotatable bonds is 8. The summed E-state index contributed by atoms with van der Waals surface area (Å²) in [4.78, 5) is 26.6. The lowest BCUT2D eigenvalue weighted by atomic mass is 10.0. The first-order chi connectivity index (χ1) is 15.5. The summed E-state index contributed by atoms with van der Waals surface area (Å²) >= 11 is 4.99. The number of unbranched alkanes of at least 4 members (excludes halogenated alkanes) is 1. The van der Waals surface area contributed by atoms with E-state index < -0.39 is 6.04 Å². The molecule has 0 spiro atoms. The van der Waals surface area contributed by atoms with Gasteiger partial charge in [-0.3, -0.25) is 9.59 Å². The van der Waals surface area contributed by atoms with Crippen molar-refractivity contribution in [3.05, 3.63) is 46.8 Å². The van der Waals surface area contributed by atoms with Crippen molar-refractivity contribution in [2.24, 2.45) is 7.05 Å². The van der Waals surface area contributed by atoms with E-state index in [1.807, 2.05) is 36.0 Å². The minimum Gasteiger partial charge on any atom is -0.414 e. The first kappa shape index (κ1) is 22.3. The standard InChI is InChI=1S/C23H29N5O3S/c1-3-4-9-18(25-20(29)15-7-6-11-19-14(15)12-13-28(19)2)21(30)24-17-10-5-8-16(17)22-26-27-23(32)31-22/h6-7,11-13,16-18H,3-5,8-10H2,1-2H3,(H,24,30)(H,25,29)(H,27,32)/t16-,17+,18+/m1/s1. The molecule has 9 heteroatoms. The van der Waals surface area contributed by atoms with E-state index in [9.17, 15) is 9.59 Å². The number of carbonyl (C=O) groups excluding carboxylic acids is 2. The van der Waals surface area contributed by atoms with Crippen LogP contribution < -0.4 is 10.6 Å². The van der Waals surface area contributed by atoms with E-state index in [0.717, 1.165) is 43.0 Å². The van der Waals surface area contributed by atoms with Crippen LogP contribution in [0, 0.1) is 4.84 Å². The Kier molecular flexibility index (Phi) is 6.74. The Morgan fingerprint density at radius 2 is 2.19 bits per heavy atom. The summed E-state index contributed by atoms with van der Waals surface area (Å²) in [7, 11) is 1.94. The minimum atomic E-state index is -0.603. The molecule has 4 rings (SSSR count). The summed E-state index contributed by atoms with van der Waals surface area (Å²) in [6, 6.07) is 6.86. The second kappa shape index (κ2) is 9.68. The van der Waals surface area contributed by atoms with Crippen molar-refractivity contribution in [3.8, 4) is 0 Å². The molecule has 0 bridgehead atoms. The minimum absolute atomic E-state index is 0.0208. The van der Waals surface area contributed by atoms with Gasteiger partial charge in [0.25, 0.3) is 10.7 Å². The average Bonchev–Trinajstić information content (AvgIpc) is 3.51. The van der Waals surface area contributed by atoms with Crippen LogP contribution >= 0.6 is 12.2 Å². The molecule has 1 aliphatic carbocycles. The molecule has 3 N–H and O–H groups in total. The summed E-state index contributed by atoms with van der Waals surface area (Å²) < 4.78 is 7.47. The van der Waals surface area contributed by atoms with Gasteiger partial charge in [-0.2, -0.15) is 0 Å². The third kappa shape index (κ3) is 4.62. The van der Waals surface area contributed by atoms with Gasteiger partial charge in [-0.15, -0.1) is 5.10 Å². The van der Waals surface area contributed by atoms with Gasteiger partial charge in [-0.1, -0.05) is 32.3 Å². The smallest absolute Gasteiger partial charge is 0.284 e. The van der Waals surface area contributed by atoms with Crippen molar-refractivity contribution in [1.29, 1.82) is 0 Å². The van der Waals surface area contributed by atoms with Crippen LogP contribution in [0.25, 0.3) is 10.9 Å². The number of hydrogen-bond donors (Lipinski definition) is 3. The van der Waals surface area contributed by atoms with Crippen molar-refractivity contribution in [3.63, 3.8) is 0 Å². The van der Waals surface area contributed by atoms with E-state index in [0.29, 0.717) is 17.9 Å². The van der Waals surface area contributed by atoms with Crippen LogP contribution in [0.4, 0.5) is 0 Å². The summed E-state index contributed by atoms with van der Waals surface area (Å²) in [6.45, 7) is 2.07. The lowest BCUT2D eigenvalue weighted by molar-refractivity contribution is -0.124. The number of nitrogens with one attached hydrogen (secondary N) is 3. The number of hydrogen-bond acceptors (Lipinski definition) is 5. The van der Waals surface area contributed by atoms with Gasteiger partial charge >= 0.3 is 0 Å². The first-order valence-electron chi connectivity index (χ1n) is 11.2. The second-order valence-electron chi connectivity index (χ2n) is 8.44. The van der Waals surface area contributed by atoms with Crippen molar-refractivity contribution in [2.75, 3.05) is 0 Å². The summed E-state index contributed by atoms with van der Waals surface area (Å²) in [6.07, 6.45) is 6.96. The van der Waals surface area contributed by atoms with Crippen LogP contribution in [-0.4, -0.2) is 38.7 Å². The van der Waals surface area contributed by atoms with Crippen molar-refractivity contribution >= 4 is 34.9 Å². The predicted molar refractivity (Wildman–Crippen MR) is 124 cm³/mol. The van der Waals surface area contributed by atoms with Crippen LogP contribution in [0.3, 0.4) is 0 Å². The van der Waals surface area contributed by atoms with Crippen LogP contribution in [0.1, 0.15) is 67.6 Å². The fourth-order valence-electron chi connectivity index (χ4n) is 4.53. The first-order valence-corrected chi connectivity index (χ1v) is 11.6. The molecule has 3 aromatic rings. The van der Waals surface area contributed by atoms with Gasteiger partial charge in [0, 0.05) is 35.8 Å². The molecule has 2 amide bonds. The number of amides is 2. The Balaban J connectivity index is 1.49. The van der Waals surface area contributed by atoms with E-state index in [4.69, 9.17) is 16.6 Å². The highest BCUT2D eigenvalue weighted by Crippen LogP contribution is 2.33. The molecule has 1 saturated carbocycles. The van der Waals surface area contributed by atoms with Gasteiger partial charge < -0.3 is 19.6 Å². The highest BCUT2D eigenvalue weighted by atomic mass is 32.1. The van der Waals surface area contributed by atoms with E-state index in [1.165, 1.54) is 0 Å². The molecular formula is C23H29N5O3S. The number of fused-ring (bicyclic) bond motifs is 1. The van der Waals surface area contributed by atoms with Crippen LogP contribution in [0.15, 0.2) is 34.9 Å². The molecule has 3 atom stereocenters. The Morgan fingerprint density at radius 3 is 2.94 bits per heavy atom. The number of aromatic amines is 1. The van der Waals surface area contributed by atoms with Crippen molar-refractivity contribution in [1.82, 2.24) is 25.4 Å². The van der Waals surface area contributed by atoms with Crippen LogP contribution in [-0.2, 0) is 11.8 Å². The average molecular weight is 456 g/mol. The maximum absolute atomic E-state index is 13.2. The van der Waals surface area contributed by atoms with Gasteiger partial charge in [0.15, 0.2) is 0 Å². The number of carbonyl (C=O) groups is 2. The van der Waals surface area contributed by atoms with Gasteiger partial charge in [0.05, 0.1) is 5.92 Å². The quantitative estimate of drug-likeness (QED) is 0.446. The third-order valence-corrected chi connectivity index (χ3v) is 6.43. The van der Waals surface area contributed by atoms with Gasteiger partial charge in [-0.25, -0.2) is 5.10 Å². The van der Waals surface area contributed by atoms with E-state index in [2.05, 4.69) is 27.8 Å². The highest BCUT2D eigenvalue weighted by molar-refractivity contribution is 7.71. The van der Waals surface area contributed by atoms with Crippen molar-refractivity contribution < 1.29 is 14.0 Å². The molecule has 32 heavy (non-hydrogen) atoms. The number of H-pyrrole nitrogens is 1. The SMILES string of the molecule is CCCC[C@H](NC(=O)c1cccc2c1ccn2C)C(=O)N[C@H]1CCC[C@H]1c1n[nH]c(=S)o1. The summed E-state index contributed by atoms with van der Waals surface area (Å²) in [5.41, 5.74) is 1.55. The molecule has 0 radical (unpaired) electrons. The predicted octanol–water partition coefficient (Wildman–Crippen LogP) is 3.96. The molecule has 2 aromatic heterocycles. The molecule has 2 heterocycles. The summed E-state index contributed by atoms with van der Waals surface area (Å²) in [5.74, 6) is 0.104. The lowest BCUT2D eigenvalue weighted by Gasteiger charge is -2.23. The molecule has 8 nitrogen and oxygen atoms in total. The zero-order valence-corrected chi connectivity index (χ0v) is 19.2. The third-order valence-electron chi connectivity index (χ3n) is 6.26. The van der Waals surface area contributed by atoms with Gasteiger partial charge in [-0.05, 0) is 49.7 Å². The Hall–Kier alpha value is -2.94. The lowest BCUT2D eigenvalue weighted by Crippen LogP contribution is -2.50. The molecule has 170 valence electrons. The Bertz CT molecular complexity index is 1160. The zero-order valence-electron chi connectivity index (χ0n) is 18.4. The maximum Gasteiger partial charge on any atom is 0.284 e. The second-order valence-corrected chi connectivity index (χ2v) is 8.81. The fraction of sp³-hybridized carbons (Fsp3) is 0.478. The van der Waals surface area contributed by atoms with Crippen molar-refractivity contribution in [2.45, 2.75) is 63.5 Å². The molecular weight excluding hydrogens is 426 g/mol. The normalized spacial score (nSPS) is 19.2. The fourth-order valence-corrected chi connectivity index (χ4v) is 4.66. The topological polar surface area (TPSA) is 105 Å². The molecule has 0 unspecified atom stereocenters. The number of aromatic nitrogens is 3. The monoisotopic (exact) mass is 455 g/mol. The molecule has 0 saturated heterocycles. The van der Waals surface area contributed by atoms with Gasteiger partial charge in [0.1, 0.15) is 6.04 Å². The Morgan fingerprint density at radius 1 is 1.34 bits per heavy atom. The van der Waals surface area contributed by atoms with Crippen LogP contribution in [0.5, 0.6) is 0 Å². The van der Waals surface area contributed by atoms with Crippen LogP contribution in [0.2, 0.25) is 0 Å². The Labute approximate surface area is 191 Å². The van der Waals surface area contributed by atoms with Gasteiger partial charge in [0.2, 0.25) is 11.8 Å². The van der Waals surface area contributed by atoms with E-state index in [-0.39, 0.29) is 28.6 Å². The molecule has 1 aromatic carbocycles. The molecule has 0 aliphatic heterocycles. The highest BCUT2D eigenvalue weighted by Gasteiger charge is 2.35. The number of nitrogens with zero attached hydrogens (tertiary/aromatic N) is 2. The van der Waals surface area contributed by atoms with E-state index >= 15 is 0 Å². The zero-order chi connectivity index (χ0) is 22.7. The summed E-state index contributed by atoms with van der Waals surface area (Å²) in [5, 5.41) is 13.8. The van der Waals surface area contributed by atoms with E-state index in [1.54, 1.807) is 6.07 Å². The maximum atomic E-state index is 13.2. The largest absolute Gasteiger partial charge is 0.414 e. The number of aryl methyl sites for hydroxylation is 1. The molecule has 1 fully saturated rings.